The third-order valence-corrected chi connectivity index (χ3v) is 7.01. The maximum Gasteiger partial charge on any atom is 0.227 e. The molecule has 0 amide bonds. The lowest BCUT2D eigenvalue weighted by Crippen LogP contribution is -2.37. The number of nitrogens with zero attached hydrogens (tertiary/aromatic N) is 6. The van der Waals surface area contributed by atoms with Crippen LogP contribution in [-0.2, 0) is 0 Å². The van der Waals surface area contributed by atoms with Crippen molar-refractivity contribution in [1.29, 1.82) is 0 Å². The number of fused-ring (bicyclic) bond motifs is 1. The fourth-order valence-corrected chi connectivity index (χ4v) is 4.88. The van der Waals surface area contributed by atoms with E-state index in [1.54, 1.807) is 7.11 Å². The molecule has 0 spiro atoms. The van der Waals surface area contributed by atoms with E-state index in [4.69, 9.17) is 14.7 Å². The molecule has 8 nitrogen and oxygen atoms in total. The van der Waals surface area contributed by atoms with Crippen LogP contribution in [0.3, 0.4) is 0 Å². The number of likely N-dealkylation sites (N-methyl/N-ethyl adjacent to an activating group) is 1. The van der Waals surface area contributed by atoms with Gasteiger partial charge in [-0.15, -0.1) is 0 Å². The molecule has 5 rings (SSSR count). The fraction of sp³-hybridized carbons (Fsp3) is 0.500. The molecule has 2 aliphatic rings. The molecule has 0 aliphatic carbocycles. The lowest BCUT2D eigenvalue weighted by molar-refractivity contribution is 0.264. The van der Waals surface area contributed by atoms with Crippen molar-refractivity contribution in [2.24, 2.45) is 0 Å². The Morgan fingerprint density at radius 3 is 2.53 bits per heavy atom. The average Bonchev–Trinajstić information content (AvgIpc) is 3.09. The summed E-state index contributed by atoms with van der Waals surface area (Å²) in [6, 6.07) is 10.5. The van der Waals surface area contributed by atoms with Crippen LogP contribution < -0.4 is 15.0 Å². The number of piperidine rings is 1. The number of rotatable bonds is 5. The Morgan fingerprint density at radius 2 is 1.76 bits per heavy atom. The zero-order valence-electron chi connectivity index (χ0n) is 20.5. The van der Waals surface area contributed by atoms with Crippen molar-refractivity contribution in [3.8, 4) is 17.0 Å². The summed E-state index contributed by atoms with van der Waals surface area (Å²) in [5.74, 6) is 2.48. The first-order valence-corrected chi connectivity index (χ1v) is 12.3. The summed E-state index contributed by atoms with van der Waals surface area (Å²) < 4.78 is 5.80. The van der Waals surface area contributed by atoms with Gasteiger partial charge in [-0.2, -0.15) is 4.98 Å². The number of benzene rings is 1. The summed E-state index contributed by atoms with van der Waals surface area (Å²) in [4.78, 5) is 21.8. The van der Waals surface area contributed by atoms with Crippen LogP contribution in [0.2, 0.25) is 0 Å². The second-order valence-electron chi connectivity index (χ2n) is 9.52. The van der Waals surface area contributed by atoms with E-state index in [9.17, 15) is 0 Å². The van der Waals surface area contributed by atoms with Gasteiger partial charge in [-0.1, -0.05) is 6.07 Å². The van der Waals surface area contributed by atoms with E-state index in [-0.39, 0.29) is 0 Å². The second-order valence-corrected chi connectivity index (χ2v) is 9.52. The molecule has 0 saturated carbocycles. The molecular weight excluding hydrogens is 426 g/mol. The van der Waals surface area contributed by atoms with Crippen LogP contribution in [0.5, 0.6) is 5.75 Å². The predicted octanol–water partition coefficient (Wildman–Crippen LogP) is 3.35. The normalized spacial score (nSPS) is 18.7. The Hall–Kier alpha value is -2.97. The smallest absolute Gasteiger partial charge is 0.227 e. The number of aromatic nitrogens is 3. The highest BCUT2D eigenvalue weighted by Gasteiger charge is 2.22. The van der Waals surface area contributed by atoms with Gasteiger partial charge in [0.25, 0.3) is 0 Å². The minimum absolute atomic E-state index is 0.402. The first-order chi connectivity index (χ1) is 16.6. The average molecular weight is 462 g/mol. The summed E-state index contributed by atoms with van der Waals surface area (Å²) in [5, 5.41) is 4.76. The van der Waals surface area contributed by atoms with Crippen molar-refractivity contribution in [2.75, 3.05) is 70.7 Å². The van der Waals surface area contributed by atoms with Crippen LogP contribution in [0.1, 0.15) is 19.3 Å². The molecule has 2 aliphatic heterocycles. The largest absolute Gasteiger partial charge is 0.496 e. The third-order valence-electron chi connectivity index (χ3n) is 7.01. The zero-order valence-corrected chi connectivity index (χ0v) is 20.5. The highest BCUT2D eigenvalue weighted by Crippen LogP contribution is 2.36. The van der Waals surface area contributed by atoms with Crippen LogP contribution in [-0.4, -0.2) is 91.3 Å². The maximum absolute atomic E-state index is 5.80. The van der Waals surface area contributed by atoms with Gasteiger partial charge in [0, 0.05) is 42.8 Å². The zero-order chi connectivity index (χ0) is 23.5. The summed E-state index contributed by atoms with van der Waals surface area (Å²) in [7, 11) is 6.08. The van der Waals surface area contributed by atoms with E-state index in [1.165, 1.54) is 0 Å². The molecule has 8 heteroatoms. The first kappa shape index (κ1) is 22.8. The number of likely N-dealkylation sites (tertiary alicyclic amines) is 1. The summed E-state index contributed by atoms with van der Waals surface area (Å²) in [6.45, 7) is 6.21. The number of anilines is 2. The highest BCUT2D eigenvalue weighted by molar-refractivity contribution is 5.95. The molecule has 0 atom stereocenters. The van der Waals surface area contributed by atoms with Gasteiger partial charge in [-0.25, -0.2) is 4.98 Å². The standard InChI is InChI=1S/C26H35N7O/c1-31-11-6-12-33(16-15-31)26-29-23-17-20(22-7-4-5-10-27-22)24(34-3)18-21(23)25(30-26)28-19-8-13-32(2)14-9-19/h4-5,7,10,17-19H,6,8-9,11-16H2,1-3H3,(H,28,29,30). The van der Waals surface area contributed by atoms with Crippen molar-refractivity contribution in [1.82, 2.24) is 24.8 Å². The molecule has 0 unspecified atom stereocenters. The third kappa shape index (κ3) is 4.93. The lowest BCUT2D eigenvalue weighted by Gasteiger charge is -2.30. The molecule has 0 bridgehead atoms. The van der Waals surface area contributed by atoms with Gasteiger partial charge >= 0.3 is 0 Å². The number of pyridine rings is 1. The minimum atomic E-state index is 0.402. The molecule has 2 saturated heterocycles. The van der Waals surface area contributed by atoms with Crippen LogP contribution in [0.25, 0.3) is 22.2 Å². The molecule has 1 aromatic carbocycles. The summed E-state index contributed by atoms with van der Waals surface area (Å²) in [6.07, 6.45) is 5.13. The lowest BCUT2D eigenvalue weighted by atomic mass is 10.0. The van der Waals surface area contributed by atoms with Gasteiger partial charge in [0.2, 0.25) is 5.95 Å². The van der Waals surface area contributed by atoms with Gasteiger partial charge in [-0.3, -0.25) is 4.98 Å². The minimum Gasteiger partial charge on any atom is -0.496 e. The number of methoxy groups -OCH3 is 1. The maximum atomic E-state index is 5.80. The van der Waals surface area contributed by atoms with Gasteiger partial charge in [0.15, 0.2) is 0 Å². The topological polar surface area (TPSA) is 69.7 Å². The van der Waals surface area contributed by atoms with Crippen molar-refractivity contribution >= 4 is 22.7 Å². The van der Waals surface area contributed by atoms with Crippen LogP contribution >= 0.6 is 0 Å². The van der Waals surface area contributed by atoms with Gasteiger partial charge in [-0.05, 0) is 77.3 Å². The molecular formula is C26H35N7O. The second kappa shape index (κ2) is 10.1. The molecule has 0 radical (unpaired) electrons. The van der Waals surface area contributed by atoms with Crippen LogP contribution in [0, 0.1) is 0 Å². The number of nitrogens with one attached hydrogen (secondary N) is 1. The van der Waals surface area contributed by atoms with E-state index in [1.807, 2.05) is 24.4 Å². The Kier molecular flexibility index (Phi) is 6.78. The number of hydrogen-bond acceptors (Lipinski definition) is 8. The van der Waals surface area contributed by atoms with E-state index in [2.05, 4.69) is 51.2 Å². The van der Waals surface area contributed by atoms with E-state index in [0.717, 1.165) is 98.2 Å². The SMILES string of the molecule is COc1cc2c(NC3CCN(C)CC3)nc(N3CCCN(C)CC3)nc2cc1-c1ccccn1. The van der Waals surface area contributed by atoms with Crippen LogP contribution in [0.4, 0.5) is 11.8 Å². The summed E-state index contributed by atoms with van der Waals surface area (Å²) in [5.41, 5.74) is 2.74. The van der Waals surface area contributed by atoms with E-state index >= 15 is 0 Å². The predicted molar refractivity (Wildman–Crippen MR) is 138 cm³/mol. The van der Waals surface area contributed by atoms with Crippen LogP contribution in [0.15, 0.2) is 36.5 Å². The Morgan fingerprint density at radius 1 is 0.941 bits per heavy atom. The van der Waals surface area contributed by atoms with Gasteiger partial charge in [0.05, 0.1) is 18.3 Å². The molecule has 2 fully saturated rings. The summed E-state index contributed by atoms with van der Waals surface area (Å²) >= 11 is 0. The quantitative estimate of drug-likeness (QED) is 0.620. The van der Waals surface area contributed by atoms with Crippen molar-refractivity contribution in [3.05, 3.63) is 36.5 Å². The molecule has 3 aromatic rings. The van der Waals surface area contributed by atoms with E-state index < -0.39 is 0 Å². The van der Waals surface area contributed by atoms with Crippen molar-refractivity contribution in [3.63, 3.8) is 0 Å². The molecule has 4 heterocycles. The molecule has 1 N–H and O–H groups in total. The van der Waals surface area contributed by atoms with Crippen molar-refractivity contribution in [2.45, 2.75) is 25.3 Å². The first-order valence-electron chi connectivity index (χ1n) is 12.3. The Labute approximate surface area is 202 Å². The van der Waals surface area contributed by atoms with E-state index in [0.29, 0.717) is 6.04 Å². The fourth-order valence-electron chi connectivity index (χ4n) is 4.88. The molecule has 180 valence electrons. The van der Waals surface area contributed by atoms with Gasteiger partial charge in [0.1, 0.15) is 11.6 Å². The molecule has 34 heavy (non-hydrogen) atoms. The monoisotopic (exact) mass is 461 g/mol. The highest BCUT2D eigenvalue weighted by atomic mass is 16.5. The number of ether oxygens (including phenoxy) is 1. The Balaban J connectivity index is 1.59. The molecule has 2 aromatic heterocycles. The van der Waals surface area contributed by atoms with Crippen molar-refractivity contribution < 1.29 is 4.74 Å². The van der Waals surface area contributed by atoms with Gasteiger partial charge < -0.3 is 24.8 Å². The number of hydrogen-bond donors (Lipinski definition) is 1. The Bertz CT molecular complexity index is 1120.